The molecule has 1 aromatic heterocycles. The maximum absolute atomic E-state index is 12.4. The van der Waals surface area contributed by atoms with E-state index in [9.17, 15) is 4.79 Å². The average Bonchev–Trinajstić information content (AvgIpc) is 3.39. The Balaban J connectivity index is 1.22. The molecule has 4 rings (SSSR count). The van der Waals surface area contributed by atoms with Crippen LogP contribution in [0.1, 0.15) is 35.3 Å². The predicted molar refractivity (Wildman–Crippen MR) is 103 cm³/mol. The van der Waals surface area contributed by atoms with Gasteiger partial charge in [-0.25, -0.2) is 0 Å². The van der Waals surface area contributed by atoms with Crippen molar-refractivity contribution >= 4 is 17.4 Å². The van der Waals surface area contributed by atoms with Crippen molar-refractivity contribution in [1.29, 1.82) is 0 Å². The first kappa shape index (κ1) is 17.6. The van der Waals surface area contributed by atoms with Gasteiger partial charge in [-0.05, 0) is 61.2 Å². The van der Waals surface area contributed by atoms with Gasteiger partial charge in [-0.2, -0.15) is 0 Å². The van der Waals surface area contributed by atoms with Crippen LogP contribution < -0.4 is 0 Å². The van der Waals surface area contributed by atoms with E-state index >= 15 is 0 Å². The molecule has 1 amide bonds. The van der Waals surface area contributed by atoms with Gasteiger partial charge in [0.2, 0.25) is 0 Å². The Kier molecular flexibility index (Phi) is 5.60. The maximum Gasteiger partial charge on any atom is 0.275 e. The lowest BCUT2D eigenvalue weighted by molar-refractivity contribution is 0.0653. The molecule has 2 aliphatic heterocycles. The van der Waals surface area contributed by atoms with Crippen molar-refractivity contribution < 1.29 is 4.79 Å². The van der Waals surface area contributed by atoms with Crippen LogP contribution in [0.15, 0.2) is 35.7 Å². The van der Waals surface area contributed by atoms with Gasteiger partial charge in [0.1, 0.15) is 0 Å². The number of piperidine rings is 1. The molecule has 5 nitrogen and oxygen atoms in total. The molecule has 26 heavy (non-hydrogen) atoms. The Bertz CT molecular complexity index is 698. The Morgan fingerprint density at radius 2 is 1.85 bits per heavy atom. The number of hydrogen-bond acceptors (Lipinski definition) is 5. The smallest absolute Gasteiger partial charge is 0.275 e. The van der Waals surface area contributed by atoms with E-state index in [1.54, 1.807) is 5.38 Å². The molecule has 138 valence electrons. The van der Waals surface area contributed by atoms with Crippen molar-refractivity contribution in [3.05, 3.63) is 47.0 Å². The van der Waals surface area contributed by atoms with Crippen LogP contribution in [0.2, 0.25) is 0 Å². The number of likely N-dealkylation sites (tertiary alicyclic amines) is 2. The van der Waals surface area contributed by atoms with Crippen LogP contribution in [0.25, 0.3) is 0 Å². The topological polar surface area (TPSA) is 49.3 Å². The van der Waals surface area contributed by atoms with Crippen molar-refractivity contribution in [2.24, 2.45) is 11.8 Å². The molecule has 1 unspecified atom stereocenters. The Morgan fingerprint density at radius 1 is 1.08 bits per heavy atom. The highest BCUT2D eigenvalue weighted by atomic mass is 32.1. The number of nitrogens with zero attached hydrogens (tertiary/aromatic N) is 4. The first-order valence-electron chi connectivity index (χ1n) is 9.62. The van der Waals surface area contributed by atoms with Gasteiger partial charge >= 0.3 is 0 Å². The standard InChI is InChI=1S/C20H26N4OS/c25-20(19-15-26-22-21-19)24-12-8-17(9-13-24)18-7-11-23(14-18)10-6-16-4-2-1-3-5-16/h1-5,15,17-18H,6-14H2. The van der Waals surface area contributed by atoms with Crippen molar-refractivity contribution in [1.82, 2.24) is 19.4 Å². The van der Waals surface area contributed by atoms with Gasteiger partial charge in [-0.1, -0.05) is 34.8 Å². The molecule has 0 aliphatic carbocycles. The Morgan fingerprint density at radius 3 is 2.58 bits per heavy atom. The van der Waals surface area contributed by atoms with Crippen LogP contribution in [-0.2, 0) is 6.42 Å². The highest BCUT2D eigenvalue weighted by Gasteiger charge is 2.33. The number of carbonyl (C=O) groups is 1. The van der Waals surface area contributed by atoms with Crippen LogP contribution in [0.4, 0.5) is 0 Å². The summed E-state index contributed by atoms with van der Waals surface area (Å²) in [5, 5.41) is 5.66. The Hall–Kier alpha value is -1.79. The third-order valence-electron chi connectivity index (χ3n) is 5.94. The predicted octanol–water partition coefficient (Wildman–Crippen LogP) is 2.95. The zero-order chi connectivity index (χ0) is 17.8. The van der Waals surface area contributed by atoms with E-state index in [1.165, 1.54) is 36.6 Å². The summed E-state index contributed by atoms with van der Waals surface area (Å²) in [5.41, 5.74) is 1.93. The zero-order valence-electron chi connectivity index (χ0n) is 15.1. The van der Waals surface area contributed by atoms with E-state index in [-0.39, 0.29) is 5.91 Å². The van der Waals surface area contributed by atoms with E-state index < -0.39 is 0 Å². The van der Waals surface area contributed by atoms with E-state index in [1.807, 2.05) is 4.90 Å². The fraction of sp³-hybridized carbons (Fsp3) is 0.550. The Labute approximate surface area is 159 Å². The highest BCUT2D eigenvalue weighted by Crippen LogP contribution is 2.32. The molecule has 1 atom stereocenters. The van der Waals surface area contributed by atoms with Crippen molar-refractivity contribution in [3.8, 4) is 0 Å². The quantitative estimate of drug-likeness (QED) is 0.812. The molecule has 2 aromatic rings. The van der Waals surface area contributed by atoms with Gasteiger partial charge in [0.15, 0.2) is 5.69 Å². The zero-order valence-corrected chi connectivity index (χ0v) is 15.9. The number of benzene rings is 1. The van der Waals surface area contributed by atoms with Crippen LogP contribution >= 0.6 is 11.5 Å². The number of carbonyl (C=O) groups excluding carboxylic acids is 1. The highest BCUT2D eigenvalue weighted by molar-refractivity contribution is 7.03. The van der Waals surface area contributed by atoms with Crippen molar-refractivity contribution in [2.45, 2.75) is 25.7 Å². The lowest BCUT2D eigenvalue weighted by atomic mass is 9.83. The molecule has 1 aromatic carbocycles. The largest absolute Gasteiger partial charge is 0.337 e. The average molecular weight is 371 g/mol. The lowest BCUT2D eigenvalue weighted by Gasteiger charge is -2.34. The summed E-state index contributed by atoms with van der Waals surface area (Å²) >= 11 is 1.24. The first-order valence-corrected chi connectivity index (χ1v) is 10.5. The second-order valence-electron chi connectivity index (χ2n) is 7.50. The van der Waals surface area contributed by atoms with Gasteiger partial charge in [0, 0.05) is 31.6 Å². The van der Waals surface area contributed by atoms with Crippen LogP contribution in [0, 0.1) is 11.8 Å². The minimum Gasteiger partial charge on any atom is -0.337 e. The second kappa shape index (κ2) is 8.27. The fourth-order valence-corrected chi connectivity index (χ4v) is 4.81. The van der Waals surface area contributed by atoms with Gasteiger partial charge in [-0.15, -0.1) is 5.10 Å². The molecule has 2 aliphatic rings. The van der Waals surface area contributed by atoms with Gasteiger partial charge < -0.3 is 9.80 Å². The molecular formula is C20H26N4OS. The third kappa shape index (κ3) is 4.13. The number of rotatable bonds is 5. The van der Waals surface area contributed by atoms with Crippen LogP contribution in [0.3, 0.4) is 0 Å². The van der Waals surface area contributed by atoms with E-state index in [2.05, 4.69) is 44.8 Å². The number of amides is 1. The van der Waals surface area contributed by atoms with Crippen molar-refractivity contribution in [3.63, 3.8) is 0 Å². The van der Waals surface area contributed by atoms with E-state index in [0.29, 0.717) is 5.69 Å². The minimum atomic E-state index is 0.0492. The summed E-state index contributed by atoms with van der Waals surface area (Å²) in [5.74, 6) is 1.60. The van der Waals surface area contributed by atoms with E-state index in [4.69, 9.17) is 0 Å². The van der Waals surface area contributed by atoms with Crippen LogP contribution in [0.5, 0.6) is 0 Å². The third-order valence-corrected chi connectivity index (χ3v) is 6.45. The van der Waals surface area contributed by atoms with Crippen molar-refractivity contribution in [2.75, 3.05) is 32.7 Å². The molecule has 6 heteroatoms. The fourth-order valence-electron chi connectivity index (χ4n) is 4.38. The molecule has 0 N–H and O–H groups in total. The molecule has 3 heterocycles. The van der Waals surface area contributed by atoms with Gasteiger partial charge in [0.25, 0.3) is 5.91 Å². The van der Waals surface area contributed by atoms with Gasteiger partial charge in [-0.3, -0.25) is 4.79 Å². The molecule has 0 spiro atoms. The summed E-state index contributed by atoms with van der Waals surface area (Å²) in [4.78, 5) is 17.0. The summed E-state index contributed by atoms with van der Waals surface area (Å²) < 4.78 is 3.80. The first-order chi connectivity index (χ1) is 12.8. The maximum atomic E-state index is 12.4. The minimum absolute atomic E-state index is 0.0492. The molecule has 2 saturated heterocycles. The molecule has 0 radical (unpaired) electrons. The molecule has 2 fully saturated rings. The lowest BCUT2D eigenvalue weighted by Crippen LogP contribution is -2.40. The monoisotopic (exact) mass is 370 g/mol. The summed E-state index contributed by atoms with van der Waals surface area (Å²) in [7, 11) is 0. The normalized spacial score (nSPS) is 22.0. The number of aromatic nitrogens is 2. The van der Waals surface area contributed by atoms with Gasteiger partial charge in [0.05, 0.1) is 0 Å². The van der Waals surface area contributed by atoms with E-state index in [0.717, 1.165) is 50.7 Å². The molecule has 0 saturated carbocycles. The summed E-state index contributed by atoms with van der Waals surface area (Å²) in [6.07, 6.45) is 4.70. The summed E-state index contributed by atoms with van der Waals surface area (Å²) in [6.45, 7) is 5.33. The molecule has 0 bridgehead atoms. The van der Waals surface area contributed by atoms with Crippen LogP contribution in [-0.4, -0.2) is 58.0 Å². The summed E-state index contributed by atoms with van der Waals surface area (Å²) in [6, 6.07) is 10.8. The molecular weight excluding hydrogens is 344 g/mol. The number of hydrogen-bond donors (Lipinski definition) is 0. The second-order valence-corrected chi connectivity index (χ2v) is 8.11. The SMILES string of the molecule is O=C(c1csnn1)N1CCC(C2CCN(CCc3ccccc3)C2)CC1.